The van der Waals surface area contributed by atoms with E-state index in [1.165, 1.54) is 0 Å². The van der Waals surface area contributed by atoms with Crippen molar-refractivity contribution in [3.8, 4) is 0 Å². The Bertz CT molecular complexity index is 418. The second kappa shape index (κ2) is 3.83. The summed E-state index contributed by atoms with van der Waals surface area (Å²) < 4.78 is 0. The lowest BCUT2D eigenvalue weighted by molar-refractivity contribution is -0.135. The van der Waals surface area contributed by atoms with E-state index in [0.717, 1.165) is 4.90 Å². The van der Waals surface area contributed by atoms with Gasteiger partial charge in [-0.1, -0.05) is 13.8 Å². The minimum Gasteiger partial charge on any atom is -0.326 e. The Balaban J connectivity index is 2.22. The van der Waals surface area contributed by atoms with Crippen molar-refractivity contribution in [3.05, 3.63) is 0 Å². The van der Waals surface area contributed by atoms with Gasteiger partial charge in [0.25, 0.3) is 5.91 Å². The van der Waals surface area contributed by atoms with Gasteiger partial charge in [0.2, 0.25) is 11.8 Å². The van der Waals surface area contributed by atoms with Crippen molar-refractivity contribution >= 4 is 23.8 Å². The molecule has 2 fully saturated rings. The molecule has 0 bridgehead atoms. The molecule has 0 aromatic carbocycles. The maximum absolute atomic E-state index is 11.9. The van der Waals surface area contributed by atoms with Crippen LogP contribution >= 0.6 is 0 Å². The topological polar surface area (TPSA) is 95.6 Å². The van der Waals surface area contributed by atoms with E-state index in [-0.39, 0.29) is 12.3 Å². The summed E-state index contributed by atoms with van der Waals surface area (Å²) in [5.74, 6) is -1.56. The molecular formula is C10H13N3O4. The van der Waals surface area contributed by atoms with E-state index in [0.29, 0.717) is 0 Å². The van der Waals surface area contributed by atoms with Gasteiger partial charge in [-0.05, 0) is 5.92 Å². The SMILES string of the molecule is CC(C)[C@@H]1NC(=O)N([C@@H]2CC(=O)NC2=O)C1=O. The molecule has 0 unspecified atom stereocenters. The number of carbonyl (C=O) groups is 4. The van der Waals surface area contributed by atoms with Crippen molar-refractivity contribution in [1.82, 2.24) is 15.5 Å². The number of nitrogens with one attached hydrogen (secondary N) is 2. The molecule has 0 aliphatic carbocycles. The summed E-state index contributed by atoms with van der Waals surface area (Å²) in [6.07, 6.45) is -0.150. The third kappa shape index (κ3) is 1.77. The van der Waals surface area contributed by atoms with Gasteiger partial charge < -0.3 is 5.32 Å². The molecule has 0 aromatic heterocycles. The highest BCUT2D eigenvalue weighted by molar-refractivity contribution is 6.13. The Kier molecular flexibility index (Phi) is 2.60. The summed E-state index contributed by atoms with van der Waals surface area (Å²) in [6, 6.07) is -2.23. The lowest BCUT2D eigenvalue weighted by atomic mass is 10.0. The van der Waals surface area contributed by atoms with Gasteiger partial charge in [0, 0.05) is 0 Å². The fourth-order valence-corrected chi connectivity index (χ4v) is 2.01. The lowest BCUT2D eigenvalue weighted by Crippen LogP contribution is -2.45. The fraction of sp³-hybridized carbons (Fsp3) is 0.600. The predicted molar refractivity (Wildman–Crippen MR) is 55.6 cm³/mol. The quantitative estimate of drug-likeness (QED) is 0.476. The van der Waals surface area contributed by atoms with Gasteiger partial charge >= 0.3 is 6.03 Å². The number of rotatable bonds is 2. The van der Waals surface area contributed by atoms with Crippen LogP contribution in [0.2, 0.25) is 0 Å². The van der Waals surface area contributed by atoms with Crippen molar-refractivity contribution in [2.24, 2.45) is 5.92 Å². The second-order valence-corrected chi connectivity index (χ2v) is 4.51. The van der Waals surface area contributed by atoms with Crippen LogP contribution in [-0.2, 0) is 14.4 Å². The second-order valence-electron chi connectivity index (χ2n) is 4.51. The molecule has 2 heterocycles. The molecule has 0 radical (unpaired) electrons. The van der Waals surface area contributed by atoms with E-state index >= 15 is 0 Å². The molecular weight excluding hydrogens is 226 g/mol. The van der Waals surface area contributed by atoms with Crippen LogP contribution in [0.5, 0.6) is 0 Å². The summed E-state index contributed by atoms with van der Waals surface area (Å²) in [7, 11) is 0. The third-order valence-electron chi connectivity index (χ3n) is 2.92. The normalized spacial score (nSPS) is 29.0. The zero-order valence-electron chi connectivity index (χ0n) is 9.52. The highest BCUT2D eigenvalue weighted by Gasteiger charge is 2.48. The Morgan fingerprint density at radius 3 is 2.29 bits per heavy atom. The van der Waals surface area contributed by atoms with Gasteiger partial charge in [0.05, 0.1) is 6.42 Å². The predicted octanol–water partition coefficient (Wildman–Crippen LogP) is -1.02. The minimum atomic E-state index is -1.00. The number of carbonyl (C=O) groups excluding carboxylic acids is 4. The van der Waals surface area contributed by atoms with E-state index in [1.54, 1.807) is 13.8 Å². The third-order valence-corrected chi connectivity index (χ3v) is 2.92. The summed E-state index contributed by atoms with van der Waals surface area (Å²) in [4.78, 5) is 46.9. The first kappa shape index (κ1) is 11.6. The zero-order chi connectivity index (χ0) is 12.7. The Morgan fingerprint density at radius 2 is 1.88 bits per heavy atom. The Morgan fingerprint density at radius 1 is 1.24 bits per heavy atom. The van der Waals surface area contributed by atoms with E-state index in [4.69, 9.17) is 0 Å². The maximum Gasteiger partial charge on any atom is 0.325 e. The largest absolute Gasteiger partial charge is 0.326 e. The molecule has 2 saturated heterocycles. The smallest absolute Gasteiger partial charge is 0.325 e. The van der Waals surface area contributed by atoms with Crippen molar-refractivity contribution in [3.63, 3.8) is 0 Å². The van der Waals surface area contributed by atoms with Crippen molar-refractivity contribution in [2.45, 2.75) is 32.4 Å². The zero-order valence-corrected chi connectivity index (χ0v) is 9.52. The minimum absolute atomic E-state index is 0.0587. The number of hydrogen-bond acceptors (Lipinski definition) is 4. The average Bonchev–Trinajstić information content (AvgIpc) is 2.67. The number of nitrogens with zero attached hydrogens (tertiary/aromatic N) is 1. The molecule has 0 spiro atoms. The van der Waals surface area contributed by atoms with Crippen LogP contribution in [0.4, 0.5) is 4.79 Å². The van der Waals surface area contributed by atoms with Crippen LogP contribution in [0.25, 0.3) is 0 Å². The van der Waals surface area contributed by atoms with E-state index in [1.807, 2.05) is 0 Å². The lowest BCUT2D eigenvalue weighted by Gasteiger charge is -2.18. The highest BCUT2D eigenvalue weighted by atomic mass is 16.2. The van der Waals surface area contributed by atoms with Crippen molar-refractivity contribution in [2.75, 3.05) is 0 Å². The van der Waals surface area contributed by atoms with Crippen molar-refractivity contribution < 1.29 is 19.2 Å². The van der Waals surface area contributed by atoms with Gasteiger partial charge in [0.1, 0.15) is 12.1 Å². The highest BCUT2D eigenvalue weighted by Crippen LogP contribution is 2.20. The molecule has 2 aliphatic rings. The molecule has 17 heavy (non-hydrogen) atoms. The van der Waals surface area contributed by atoms with E-state index in [9.17, 15) is 19.2 Å². The first-order valence-corrected chi connectivity index (χ1v) is 5.39. The summed E-state index contributed by atoms with van der Waals surface area (Å²) >= 11 is 0. The van der Waals surface area contributed by atoms with Crippen LogP contribution in [0.1, 0.15) is 20.3 Å². The molecule has 7 nitrogen and oxygen atoms in total. The Hall–Kier alpha value is -1.92. The van der Waals surface area contributed by atoms with Gasteiger partial charge in [0.15, 0.2) is 0 Å². The Labute approximate surface area is 97.5 Å². The fourth-order valence-electron chi connectivity index (χ4n) is 2.01. The molecule has 0 aromatic rings. The number of amides is 5. The maximum atomic E-state index is 11.9. The first-order chi connectivity index (χ1) is 7.91. The molecule has 2 aliphatic heterocycles. The molecule has 92 valence electrons. The summed E-state index contributed by atoms with van der Waals surface area (Å²) in [5.41, 5.74) is 0. The van der Waals surface area contributed by atoms with Gasteiger partial charge in [-0.15, -0.1) is 0 Å². The first-order valence-electron chi connectivity index (χ1n) is 5.39. The average molecular weight is 239 g/mol. The summed E-state index contributed by atoms with van der Waals surface area (Å²) in [6.45, 7) is 3.60. The van der Waals surface area contributed by atoms with Crippen LogP contribution in [0.15, 0.2) is 0 Å². The van der Waals surface area contributed by atoms with Crippen molar-refractivity contribution in [1.29, 1.82) is 0 Å². The molecule has 7 heteroatoms. The molecule has 5 amide bonds. The summed E-state index contributed by atoms with van der Waals surface area (Å²) in [5, 5.41) is 4.59. The number of urea groups is 1. The number of imide groups is 2. The molecule has 2 rings (SSSR count). The molecule has 0 saturated carbocycles. The van der Waals surface area contributed by atoms with Gasteiger partial charge in [-0.2, -0.15) is 0 Å². The molecule has 2 N–H and O–H groups in total. The van der Waals surface area contributed by atoms with Crippen LogP contribution in [-0.4, -0.2) is 40.7 Å². The van der Waals surface area contributed by atoms with Crippen LogP contribution in [0.3, 0.4) is 0 Å². The van der Waals surface area contributed by atoms with E-state index in [2.05, 4.69) is 10.6 Å². The number of hydrogen-bond donors (Lipinski definition) is 2. The molecule has 2 atom stereocenters. The van der Waals surface area contributed by atoms with E-state index < -0.39 is 35.8 Å². The standard InChI is InChI=1S/C10H13N3O4/c1-4(2)7-9(16)13(10(17)12-7)5-3-6(14)11-8(5)15/h4-5,7H,3H2,1-2H3,(H,12,17)(H,11,14,15)/t5-,7+/m1/s1. The van der Waals surface area contributed by atoms with Gasteiger partial charge in [-0.25, -0.2) is 9.69 Å². The monoisotopic (exact) mass is 239 g/mol. The van der Waals surface area contributed by atoms with Crippen LogP contribution in [0, 0.1) is 5.92 Å². The van der Waals surface area contributed by atoms with Gasteiger partial charge in [-0.3, -0.25) is 19.7 Å². The van der Waals surface area contributed by atoms with Crippen LogP contribution < -0.4 is 10.6 Å².